The molecule has 0 bridgehead atoms. The Labute approximate surface area is 103 Å². The minimum atomic E-state index is -0.540. The maximum Gasteiger partial charge on any atom is 0.419 e. The Kier molecular flexibility index (Phi) is 3.22. The Morgan fingerprint density at radius 3 is 2.47 bits per heavy atom. The summed E-state index contributed by atoms with van der Waals surface area (Å²) in [7, 11) is 0. The summed E-state index contributed by atoms with van der Waals surface area (Å²) in [6, 6.07) is 0. The van der Waals surface area contributed by atoms with E-state index in [4.69, 9.17) is 10.1 Å². The van der Waals surface area contributed by atoms with Crippen molar-refractivity contribution >= 4 is 34.4 Å². The van der Waals surface area contributed by atoms with Crippen LogP contribution in [0.15, 0.2) is 22.1 Å². The van der Waals surface area contributed by atoms with Crippen molar-refractivity contribution in [2.24, 2.45) is 0 Å². The summed E-state index contributed by atoms with van der Waals surface area (Å²) in [6.45, 7) is 9.05. The molecular formula is C10H13IN2O2. The summed E-state index contributed by atoms with van der Waals surface area (Å²) in [5.74, 6) is 0. The van der Waals surface area contributed by atoms with E-state index in [-0.39, 0.29) is 5.71 Å². The number of carbonyl (C=O) groups excluding carboxylic acids is 1. The summed E-state index contributed by atoms with van der Waals surface area (Å²) in [5, 5.41) is 7.59. The molecule has 0 aromatic carbocycles. The van der Waals surface area contributed by atoms with Crippen molar-refractivity contribution in [3.8, 4) is 0 Å². The number of hydrogen-bond acceptors (Lipinski definition) is 3. The number of hydrogen-bond donors (Lipinski definition) is 1. The predicted octanol–water partition coefficient (Wildman–Crippen LogP) is 3.05. The van der Waals surface area contributed by atoms with Gasteiger partial charge >= 0.3 is 6.09 Å². The van der Waals surface area contributed by atoms with Gasteiger partial charge in [-0.1, -0.05) is 6.58 Å². The van der Waals surface area contributed by atoms with Gasteiger partial charge in [-0.15, -0.1) is 0 Å². The van der Waals surface area contributed by atoms with Crippen LogP contribution >= 0.6 is 22.6 Å². The van der Waals surface area contributed by atoms with Gasteiger partial charge in [0.1, 0.15) is 5.60 Å². The van der Waals surface area contributed by atoms with Gasteiger partial charge in [-0.2, -0.15) is 0 Å². The third kappa shape index (κ3) is 2.80. The number of nitrogens with one attached hydrogen (secondary N) is 1. The van der Waals surface area contributed by atoms with E-state index in [2.05, 4.69) is 6.58 Å². The van der Waals surface area contributed by atoms with Gasteiger partial charge in [0.25, 0.3) is 0 Å². The Hall–Kier alpha value is -0.850. The lowest BCUT2D eigenvalue weighted by molar-refractivity contribution is 0.0395. The van der Waals surface area contributed by atoms with Crippen LogP contribution in [0.4, 0.5) is 4.79 Å². The van der Waals surface area contributed by atoms with Crippen LogP contribution in [0.1, 0.15) is 20.8 Å². The summed E-state index contributed by atoms with van der Waals surface area (Å²) in [5.41, 5.74) is 0.0802. The molecular weight excluding hydrogens is 307 g/mol. The standard InChI is InChI=1S/C10H13IN2O2/c1-6-8(12)7(11)5-13(6)9(14)15-10(2,3)4/h5,12H,1H2,2-4H3. The van der Waals surface area contributed by atoms with E-state index in [9.17, 15) is 4.79 Å². The fourth-order valence-corrected chi connectivity index (χ4v) is 1.58. The highest BCUT2D eigenvalue weighted by Gasteiger charge is 2.29. The quantitative estimate of drug-likeness (QED) is 0.698. The number of rotatable bonds is 0. The van der Waals surface area contributed by atoms with Gasteiger partial charge in [-0.25, -0.2) is 4.79 Å². The van der Waals surface area contributed by atoms with Crippen molar-refractivity contribution in [1.29, 1.82) is 5.41 Å². The molecule has 1 heterocycles. The van der Waals surface area contributed by atoms with E-state index < -0.39 is 11.7 Å². The Morgan fingerprint density at radius 2 is 2.13 bits per heavy atom. The highest BCUT2D eigenvalue weighted by atomic mass is 127. The van der Waals surface area contributed by atoms with E-state index in [0.717, 1.165) is 0 Å². The first-order chi connectivity index (χ1) is 6.72. The normalized spacial score (nSPS) is 16.8. The van der Waals surface area contributed by atoms with Gasteiger partial charge in [0.2, 0.25) is 0 Å². The number of allylic oxidation sites excluding steroid dienone is 1. The van der Waals surface area contributed by atoms with Crippen LogP contribution in [0.3, 0.4) is 0 Å². The molecule has 0 fully saturated rings. The van der Waals surface area contributed by atoms with Gasteiger partial charge in [0.15, 0.2) is 0 Å². The molecule has 1 aliphatic heterocycles. The molecule has 1 aliphatic rings. The zero-order valence-electron chi connectivity index (χ0n) is 8.93. The Morgan fingerprint density at radius 1 is 1.60 bits per heavy atom. The first-order valence-electron chi connectivity index (χ1n) is 4.40. The molecule has 4 nitrogen and oxygen atoms in total. The van der Waals surface area contributed by atoms with Crippen LogP contribution in [0.25, 0.3) is 0 Å². The number of carbonyl (C=O) groups is 1. The second-order valence-electron chi connectivity index (χ2n) is 4.15. The molecule has 0 aliphatic carbocycles. The molecule has 0 aromatic rings. The number of nitrogens with zero attached hydrogens (tertiary/aromatic N) is 1. The van der Waals surface area contributed by atoms with Crippen LogP contribution < -0.4 is 0 Å². The first-order valence-corrected chi connectivity index (χ1v) is 5.48. The van der Waals surface area contributed by atoms with Gasteiger partial charge in [-0.3, -0.25) is 10.3 Å². The van der Waals surface area contributed by atoms with E-state index in [1.165, 1.54) is 4.90 Å². The van der Waals surface area contributed by atoms with Crippen molar-refractivity contribution in [3.05, 3.63) is 22.1 Å². The van der Waals surface area contributed by atoms with Gasteiger partial charge in [0, 0.05) is 6.20 Å². The second-order valence-corrected chi connectivity index (χ2v) is 5.31. The highest BCUT2D eigenvalue weighted by Crippen LogP contribution is 2.26. The number of ether oxygens (including phenoxy) is 1. The fourth-order valence-electron chi connectivity index (χ4n) is 0.988. The SMILES string of the molecule is C=C1C(=N)C(I)=CN1C(=O)OC(C)(C)C. The van der Waals surface area contributed by atoms with Gasteiger partial charge in [0.05, 0.1) is 15.0 Å². The second kappa shape index (κ2) is 3.96. The van der Waals surface area contributed by atoms with E-state index >= 15 is 0 Å². The monoisotopic (exact) mass is 320 g/mol. The molecule has 0 saturated carbocycles. The number of halogens is 1. The van der Waals surface area contributed by atoms with Crippen LogP contribution in [0, 0.1) is 5.41 Å². The molecule has 0 spiro atoms. The van der Waals surface area contributed by atoms with Crippen LogP contribution in [0.5, 0.6) is 0 Å². The highest BCUT2D eigenvalue weighted by molar-refractivity contribution is 14.1. The molecule has 1 N–H and O–H groups in total. The average Bonchev–Trinajstić information content (AvgIpc) is 2.30. The molecule has 82 valence electrons. The van der Waals surface area contributed by atoms with Gasteiger partial charge in [-0.05, 0) is 43.4 Å². The maximum atomic E-state index is 11.7. The third-order valence-electron chi connectivity index (χ3n) is 1.65. The maximum absolute atomic E-state index is 11.7. The van der Waals surface area contributed by atoms with Crippen LogP contribution in [0.2, 0.25) is 0 Å². The predicted molar refractivity (Wildman–Crippen MR) is 67.0 cm³/mol. The molecule has 0 atom stereocenters. The molecule has 5 heteroatoms. The minimum absolute atomic E-state index is 0.265. The van der Waals surface area contributed by atoms with E-state index in [1.54, 1.807) is 27.0 Å². The molecule has 0 unspecified atom stereocenters. The van der Waals surface area contributed by atoms with Crippen LogP contribution in [-0.4, -0.2) is 22.3 Å². The lowest BCUT2D eigenvalue weighted by atomic mass is 10.2. The molecule has 15 heavy (non-hydrogen) atoms. The van der Waals surface area contributed by atoms with Gasteiger partial charge < -0.3 is 4.74 Å². The largest absolute Gasteiger partial charge is 0.443 e. The summed E-state index contributed by atoms with van der Waals surface area (Å²) in [4.78, 5) is 12.9. The smallest absolute Gasteiger partial charge is 0.419 e. The minimum Gasteiger partial charge on any atom is -0.443 e. The summed E-state index contributed by atoms with van der Waals surface area (Å²) < 4.78 is 5.85. The topological polar surface area (TPSA) is 53.4 Å². The molecule has 0 radical (unpaired) electrons. The molecule has 1 rings (SSSR count). The molecule has 1 amide bonds. The van der Waals surface area contributed by atoms with Crippen molar-refractivity contribution < 1.29 is 9.53 Å². The van der Waals surface area contributed by atoms with Crippen molar-refractivity contribution in [2.75, 3.05) is 0 Å². The van der Waals surface area contributed by atoms with Crippen molar-refractivity contribution in [1.82, 2.24) is 4.90 Å². The van der Waals surface area contributed by atoms with Crippen molar-refractivity contribution in [3.63, 3.8) is 0 Å². The summed E-state index contributed by atoms with van der Waals surface area (Å²) >= 11 is 1.99. The van der Waals surface area contributed by atoms with Crippen LogP contribution in [-0.2, 0) is 4.74 Å². The summed E-state index contributed by atoms with van der Waals surface area (Å²) in [6.07, 6.45) is 1.06. The molecule has 0 saturated heterocycles. The zero-order valence-corrected chi connectivity index (χ0v) is 11.1. The zero-order chi connectivity index (χ0) is 11.8. The van der Waals surface area contributed by atoms with E-state index in [0.29, 0.717) is 9.28 Å². The average molecular weight is 320 g/mol. The lowest BCUT2D eigenvalue weighted by Crippen LogP contribution is -2.32. The Bertz CT molecular complexity index is 366. The lowest BCUT2D eigenvalue weighted by Gasteiger charge is -2.23. The third-order valence-corrected chi connectivity index (χ3v) is 2.47. The Balaban J connectivity index is 2.80. The number of amides is 1. The van der Waals surface area contributed by atoms with E-state index in [1.807, 2.05) is 22.6 Å². The first kappa shape index (κ1) is 12.2. The van der Waals surface area contributed by atoms with Crippen molar-refractivity contribution in [2.45, 2.75) is 26.4 Å². The fraction of sp³-hybridized carbons (Fsp3) is 0.400. The molecule has 0 aromatic heterocycles.